The molecule has 1 aromatic rings. The standard InChI is InChI=1S/C13H19NO/c1-15-10-11-7-13(9-14-8-11)12-5-3-2-4-6-12/h2-6,11,13-14H,7-10H2,1H3/t11-,13+/m0/s1. The lowest BCUT2D eigenvalue weighted by Gasteiger charge is -2.29. The summed E-state index contributed by atoms with van der Waals surface area (Å²) in [5.41, 5.74) is 1.45. The monoisotopic (exact) mass is 205 g/mol. The molecular weight excluding hydrogens is 186 g/mol. The van der Waals surface area contributed by atoms with Crippen molar-refractivity contribution in [2.24, 2.45) is 5.92 Å². The molecule has 0 radical (unpaired) electrons. The van der Waals surface area contributed by atoms with Crippen LogP contribution in [-0.4, -0.2) is 26.8 Å². The Labute approximate surface area is 91.6 Å². The van der Waals surface area contributed by atoms with Crippen molar-refractivity contribution in [2.45, 2.75) is 12.3 Å². The van der Waals surface area contributed by atoms with Crippen LogP contribution in [0.2, 0.25) is 0 Å². The number of benzene rings is 1. The zero-order chi connectivity index (χ0) is 10.5. The molecule has 0 amide bonds. The van der Waals surface area contributed by atoms with Crippen molar-refractivity contribution in [2.75, 3.05) is 26.8 Å². The van der Waals surface area contributed by atoms with Crippen molar-refractivity contribution >= 4 is 0 Å². The number of nitrogens with one attached hydrogen (secondary N) is 1. The van der Waals surface area contributed by atoms with Gasteiger partial charge in [-0.15, -0.1) is 0 Å². The third-order valence-corrected chi connectivity index (χ3v) is 3.11. The molecule has 2 heteroatoms. The van der Waals surface area contributed by atoms with Gasteiger partial charge in [-0.05, 0) is 23.8 Å². The molecule has 82 valence electrons. The zero-order valence-corrected chi connectivity index (χ0v) is 9.28. The quantitative estimate of drug-likeness (QED) is 0.815. The molecule has 0 unspecified atom stereocenters. The van der Waals surface area contributed by atoms with Gasteiger partial charge >= 0.3 is 0 Å². The van der Waals surface area contributed by atoms with E-state index in [2.05, 4.69) is 35.6 Å². The van der Waals surface area contributed by atoms with Crippen LogP contribution in [0.5, 0.6) is 0 Å². The van der Waals surface area contributed by atoms with Gasteiger partial charge in [0.1, 0.15) is 0 Å². The van der Waals surface area contributed by atoms with E-state index in [1.165, 1.54) is 12.0 Å². The number of ether oxygens (including phenoxy) is 1. The Balaban J connectivity index is 1.98. The minimum atomic E-state index is 0.653. The van der Waals surface area contributed by atoms with E-state index < -0.39 is 0 Å². The molecule has 1 aromatic carbocycles. The van der Waals surface area contributed by atoms with E-state index in [0.717, 1.165) is 19.7 Å². The Kier molecular flexibility index (Phi) is 3.75. The number of hydrogen-bond donors (Lipinski definition) is 1. The first-order chi connectivity index (χ1) is 7.40. The second-order valence-corrected chi connectivity index (χ2v) is 4.32. The summed E-state index contributed by atoms with van der Waals surface area (Å²) in [5, 5.41) is 3.49. The SMILES string of the molecule is COC[C@@H]1CNC[C@H](c2ccccc2)C1. The van der Waals surface area contributed by atoms with E-state index >= 15 is 0 Å². The van der Waals surface area contributed by atoms with Crippen molar-refractivity contribution in [3.8, 4) is 0 Å². The highest BCUT2D eigenvalue weighted by atomic mass is 16.5. The smallest absolute Gasteiger partial charge is 0.0502 e. The van der Waals surface area contributed by atoms with Crippen LogP contribution in [0.4, 0.5) is 0 Å². The predicted molar refractivity (Wildman–Crippen MR) is 62.0 cm³/mol. The van der Waals surface area contributed by atoms with Crippen LogP contribution >= 0.6 is 0 Å². The highest BCUT2D eigenvalue weighted by Crippen LogP contribution is 2.26. The van der Waals surface area contributed by atoms with Crippen molar-refractivity contribution in [3.63, 3.8) is 0 Å². The van der Waals surface area contributed by atoms with Gasteiger partial charge in [-0.25, -0.2) is 0 Å². The second kappa shape index (κ2) is 5.29. The molecule has 2 nitrogen and oxygen atoms in total. The molecule has 2 rings (SSSR count). The zero-order valence-electron chi connectivity index (χ0n) is 9.28. The topological polar surface area (TPSA) is 21.3 Å². The molecule has 1 heterocycles. The van der Waals surface area contributed by atoms with E-state index in [4.69, 9.17) is 4.74 Å². The predicted octanol–water partition coefficient (Wildman–Crippen LogP) is 2.03. The first-order valence-electron chi connectivity index (χ1n) is 5.64. The number of methoxy groups -OCH3 is 1. The molecule has 1 aliphatic heterocycles. The molecule has 0 aliphatic carbocycles. The first-order valence-corrected chi connectivity index (χ1v) is 5.64. The van der Waals surface area contributed by atoms with Gasteiger partial charge in [0.2, 0.25) is 0 Å². The maximum Gasteiger partial charge on any atom is 0.0502 e. The summed E-state index contributed by atoms with van der Waals surface area (Å²) in [6, 6.07) is 10.8. The van der Waals surface area contributed by atoms with E-state index in [-0.39, 0.29) is 0 Å². The summed E-state index contributed by atoms with van der Waals surface area (Å²) in [7, 11) is 1.78. The van der Waals surface area contributed by atoms with E-state index in [9.17, 15) is 0 Å². The van der Waals surface area contributed by atoms with Gasteiger partial charge in [0.15, 0.2) is 0 Å². The molecule has 0 aromatic heterocycles. The largest absolute Gasteiger partial charge is 0.384 e. The Morgan fingerprint density at radius 3 is 2.80 bits per heavy atom. The van der Waals surface area contributed by atoms with Gasteiger partial charge in [-0.2, -0.15) is 0 Å². The molecule has 1 fully saturated rings. The van der Waals surface area contributed by atoms with E-state index in [1.807, 2.05) is 0 Å². The maximum absolute atomic E-state index is 5.23. The lowest BCUT2D eigenvalue weighted by Crippen LogP contribution is -2.36. The summed E-state index contributed by atoms with van der Waals surface area (Å²) in [4.78, 5) is 0. The van der Waals surface area contributed by atoms with Gasteiger partial charge < -0.3 is 10.1 Å². The van der Waals surface area contributed by atoms with Crippen LogP contribution in [0.1, 0.15) is 17.9 Å². The van der Waals surface area contributed by atoms with Crippen molar-refractivity contribution < 1.29 is 4.74 Å². The number of hydrogen-bond acceptors (Lipinski definition) is 2. The molecule has 1 aliphatic rings. The molecule has 0 saturated carbocycles. The van der Waals surface area contributed by atoms with Gasteiger partial charge in [0.25, 0.3) is 0 Å². The van der Waals surface area contributed by atoms with E-state index in [1.54, 1.807) is 7.11 Å². The minimum absolute atomic E-state index is 0.653. The third-order valence-electron chi connectivity index (χ3n) is 3.11. The van der Waals surface area contributed by atoms with Crippen molar-refractivity contribution in [1.82, 2.24) is 5.32 Å². The molecule has 15 heavy (non-hydrogen) atoms. The first kappa shape index (κ1) is 10.7. The Bertz CT molecular complexity index is 284. The fourth-order valence-corrected chi connectivity index (χ4v) is 2.37. The number of rotatable bonds is 3. The highest BCUT2D eigenvalue weighted by Gasteiger charge is 2.22. The average Bonchev–Trinajstić information content (AvgIpc) is 2.31. The molecular formula is C13H19NO. The Morgan fingerprint density at radius 1 is 1.27 bits per heavy atom. The van der Waals surface area contributed by atoms with Crippen LogP contribution in [0, 0.1) is 5.92 Å². The van der Waals surface area contributed by atoms with Gasteiger partial charge in [-0.3, -0.25) is 0 Å². The lowest BCUT2D eigenvalue weighted by molar-refractivity contribution is 0.132. The fourth-order valence-electron chi connectivity index (χ4n) is 2.37. The Hall–Kier alpha value is -0.860. The summed E-state index contributed by atoms with van der Waals surface area (Å²) < 4.78 is 5.23. The molecule has 1 N–H and O–H groups in total. The third kappa shape index (κ3) is 2.80. The summed E-state index contributed by atoms with van der Waals surface area (Å²) in [6.45, 7) is 3.07. The summed E-state index contributed by atoms with van der Waals surface area (Å²) in [6.07, 6.45) is 1.24. The molecule has 1 saturated heterocycles. The maximum atomic E-state index is 5.23. The fraction of sp³-hybridized carbons (Fsp3) is 0.538. The van der Waals surface area contributed by atoms with Crippen LogP contribution in [-0.2, 0) is 4.74 Å². The van der Waals surface area contributed by atoms with Gasteiger partial charge in [0.05, 0.1) is 6.61 Å². The van der Waals surface area contributed by atoms with Crippen LogP contribution in [0.15, 0.2) is 30.3 Å². The molecule has 0 bridgehead atoms. The second-order valence-electron chi connectivity index (χ2n) is 4.32. The summed E-state index contributed by atoms with van der Waals surface area (Å²) >= 11 is 0. The van der Waals surface area contributed by atoms with E-state index in [0.29, 0.717) is 11.8 Å². The normalized spacial score (nSPS) is 26.5. The van der Waals surface area contributed by atoms with Crippen LogP contribution in [0.25, 0.3) is 0 Å². The van der Waals surface area contributed by atoms with Crippen LogP contribution < -0.4 is 5.32 Å². The van der Waals surface area contributed by atoms with Crippen molar-refractivity contribution in [1.29, 1.82) is 0 Å². The summed E-state index contributed by atoms with van der Waals surface area (Å²) in [5.74, 6) is 1.31. The average molecular weight is 205 g/mol. The van der Waals surface area contributed by atoms with Crippen LogP contribution in [0.3, 0.4) is 0 Å². The van der Waals surface area contributed by atoms with Gasteiger partial charge in [0, 0.05) is 20.2 Å². The highest BCUT2D eigenvalue weighted by molar-refractivity contribution is 5.20. The molecule has 2 atom stereocenters. The Morgan fingerprint density at radius 2 is 2.07 bits per heavy atom. The molecule has 0 spiro atoms. The minimum Gasteiger partial charge on any atom is -0.384 e. The van der Waals surface area contributed by atoms with Gasteiger partial charge in [-0.1, -0.05) is 30.3 Å². The lowest BCUT2D eigenvalue weighted by atomic mass is 9.86. The number of piperidine rings is 1. The van der Waals surface area contributed by atoms with Crippen molar-refractivity contribution in [3.05, 3.63) is 35.9 Å².